The number of amides is 1. The van der Waals surface area contributed by atoms with Crippen LogP contribution in [-0.2, 0) is 14.3 Å². The van der Waals surface area contributed by atoms with E-state index in [1.165, 1.54) is 0 Å². The second-order valence-electron chi connectivity index (χ2n) is 10.4. The molecule has 9 nitrogen and oxygen atoms in total. The molecule has 2 aromatic carbocycles. The first-order chi connectivity index (χ1) is 20.7. The van der Waals surface area contributed by atoms with Crippen molar-refractivity contribution >= 4 is 18.0 Å². The zero-order valence-electron chi connectivity index (χ0n) is 24.8. The zero-order valence-corrected chi connectivity index (χ0v) is 24.8. The molecule has 4 rings (SSSR count). The fourth-order valence-corrected chi connectivity index (χ4v) is 3.95. The van der Waals surface area contributed by atoms with E-state index in [4.69, 9.17) is 19.2 Å². The van der Waals surface area contributed by atoms with Crippen LogP contribution in [0.25, 0.3) is 33.8 Å². The van der Waals surface area contributed by atoms with Crippen LogP contribution in [0.4, 0.5) is 4.79 Å². The predicted octanol–water partition coefficient (Wildman–Crippen LogP) is 6.86. The lowest BCUT2D eigenvalue weighted by Crippen LogP contribution is -2.33. The van der Waals surface area contributed by atoms with E-state index in [0.29, 0.717) is 40.6 Å². The van der Waals surface area contributed by atoms with Gasteiger partial charge in [0.15, 0.2) is 0 Å². The molecule has 2 heterocycles. The molecule has 0 spiro atoms. The Morgan fingerprint density at radius 2 is 1.44 bits per heavy atom. The lowest BCUT2D eigenvalue weighted by molar-refractivity contribution is -0.153. The molecule has 1 amide bonds. The standard InChI is InChI=1S/C34H35N3O6/c1-5-31(38)42-26-12-9-11-23(20-26)29-14-10-15-30(37-29)25-19-24(28-13-7-8-16-35-28)21-27(22-25)43-33(40)36-17-18-41-32(39)34(3,4)6-2/h7-16,19-22H,5-6,17-18H2,1-4H3,(H,36,40). The Labute approximate surface area is 251 Å². The highest BCUT2D eigenvalue weighted by atomic mass is 16.6. The number of ether oxygens (including phenoxy) is 3. The van der Waals surface area contributed by atoms with E-state index in [9.17, 15) is 14.4 Å². The number of carbonyl (C=O) groups is 3. The summed E-state index contributed by atoms with van der Waals surface area (Å²) < 4.78 is 16.3. The fourth-order valence-electron chi connectivity index (χ4n) is 3.95. The Kier molecular flexibility index (Phi) is 10.2. The Balaban J connectivity index is 1.56. The maximum atomic E-state index is 12.6. The minimum atomic E-state index is -0.685. The number of benzene rings is 2. The smallest absolute Gasteiger partial charge is 0.412 e. The number of pyridine rings is 2. The van der Waals surface area contributed by atoms with E-state index in [0.717, 1.165) is 11.1 Å². The molecule has 0 atom stereocenters. The van der Waals surface area contributed by atoms with Crippen LogP contribution in [0.5, 0.6) is 11.5 Å². The monoisotopic (exact) mass is 581 g/mol. The van der Waals surface area contributed by atoms with Gasteiger partial charge in [-0.2, -0.15) is 0 Å². The quantitative estimate of drug-likeness (QED) is 0.116. The molecule has 9 heteroatoms. The number of carbonyl (C=O) groups excluding carboxylic acids is 3. The lowest BCUT2D eigenvalue weighted by Gasteiger charge is -2.20. The van der Waals surface area contributed by atoms with Crippen LogP contribution in [0, 0.1) is 5.41 Å². The van der Waals surface area contributed by atoms with E-state index in [1.54, 1.807) is 43.5 Å². The highest BCUT2D eigenvalue weighted by molar-refractivity contribution is 5.78. The van der Waals surface area contributed by atoms with Crippen LogP contribution in [0.15, 0.2) is 85.1 Å². The summed E-state index contributed by atoms with van der Waals surface area (Å²) in [5, 5.41) is 2.62. The molecule has 1 N–H and O–H groups in total. The zero-order chi connectivity index (χ0) is 30.8. The second kappa shape index (κ2) is 14.2. The Morgan fingerprint density at radius 3 is 2.14 bits per heavy atom. The van der Waals surface area contributed by atoms with Crippen molar-refractivity contribution in [3.63, 3.8) is 0 Å². The van der Waals surface area contributed by atoms with Gasteiger partial charge in [-0.25, -0.2) is 9.78 Å². The van der Waals surface area contributed by atoms with Crippen LogP contribution in [0.3, 0.4) is 0 Å². The van der Waals surface area contributed by atoms with Crippen LogP contribution in [-0.4, -0.2) is 41.2 Å². The van der Waals surface area contributed by atoms with Crippen LogP contribution in [0.1, 0.15) is 40.5 Å². The third kappa shape index (κ3) is 8.48. The molecule has 0 aliphatic heterocycles. The number of rotatable bonds is 11. The van der Waals surface area contributed by atoms with Gasteiger partial charge in [-0.3, -0.25) is 14.6 Å². The van der Waals surface area contributed by atoms with Gasteiger partial charge in [-0.05, 0) is 74.9 Å². The number of nitrogens with zero attached hydrogens (tertiary/aromatic N) is 2. The maximum absolute atomic E-state index is 12.6. The van der Waals surface area contributed by atoms with E-state index in [1.807, 2.05) is 69.3 Å². The third-order valence-corrected chi connectivity index (χ3v) is 6.81. The summed E-state index contributed by atoms with van der Waals surface area (Å²) in [5.74, 6) is 0.101. The molecule has 0 radical (unpaired) electrons. The summed E-state index contributed by atoms with van der Waals surface area (Å²) in [6, 6.07) is 23.7. The largest absolute Gasteiger partial charge is 0.463 e. The average molecular weight is 582 g/mol. The normalized spacial score (nSPS) is 11.0. The SMILES string of the molecule is CCC(=O)Oc1cccc(-c2cccc(-c3cc(OC(=O)NCCOC(=O)C(C)(C)CC)cc(-c4ccccn4)c3)n2)c1. The molecule has 2 aromatic heterocycles. The van der Waals surface area contributed by atoms with Crippen molar-refractivity contribution < 1.29 is 28.6 Å². The number of hydrogen-bond acceptors (Lipinski definition) is 8. The molecule has 43 heavy (non-hydrogen) atoms. The molecule has 0 saturated heterocycles. The summed E-state index contributed by atoms with van der Waals surface area (Å²) in [6.45, 7) is 7.42. The van der Waals surface area contributed by atoms with Crippen LogP contribution < -0.4 is 14.8 Å². The first-order valence-electron chi connectivity index (χ1n) is 14.2. The predicted molar refractivity (Wildman–Crippen MR) is 163 cm³/mol. The van der Waals surface area contributed by atoms with Gasteiger partial charge in [0.25, 0.3) is 0 Å². The first-order valence-corrected chi connectivity index (χ1v) is 14.2. The van der Waals surface area contributed by atoms with Crippen molar-refractivity contribution in [2.45, 2.75) is 40.5 Å². The number of hydrogen-bond donors (Lipinski definition) is 1. The molecular weight excluding hydrogens is 546 g/mol. The van der Waals surface area contributed by atoms with Gasteiger partial charge < -0.3 is 19.5 Å². The number of nitrogens with one attached hydrogen (secondary N) is 1. The molecule has 0 aliphatic carbocycles. The van der Waals surface area contributed by atoms with Gasteiger partial charge in [-0.15, -0.1) is 0 Å². The van der Waals surface area contributed by atoms with E-state index in [-0.39, 0.29) is 31.5 Å². The summed E-state index contributed by atoms with van der Waals surface area (Å²) >= 11 is 0. The Bertz CT molecular complexity index is 1590. The van der Waals surface area contributed by atoms with Crippen molar-refractivity contribution in [1.29, 1.82) is 0 Å². The second-order valence-corrected chi connectivity index (χ2v) is 10.4. The highest BCUT2D eigenvalue weighted by Gasteiger charge is 2.26. The fraction of sp³-hybridized carbons (Fsp3) is 0.265. The summed E-state index contributed by atoms with van der Waals surface area (Å²) in [6.07, 6.45) is 1.93. The molecule has 0 fully saturated rings. The molecule has 222 valence electrons. The molecular formula is C34H35N3O6. The van der Waals surface area contributed by atoms with Gasteiger partial charge >= 0.3 is 18.0 Å². The minimum Gasteiger partial charge on any atom is -0.463 e. The lowest BCUT2D eigenvalue weighted by atomic mass is 9.91. The third-order valence-electron chi connectivity index (χ3n) is 6.81. The Morgan fingerprint density at radius 1 is 0.767 bits per heavy atom. The summed E-state index contributed by atoms with van der Waals surface area (Å²) in [5.41, 5.74) is 3.65. The van der Waals surface area contributed by atoms with Crippen LogP contribution >= 0.6 is 0 Å². The minimum absolute atomic E-state index is 0.0339. The Hall–Kier alpha value is -5.05. The molecule has 0 unspecified atom stereocenters. The van der Waals surface area contributed by atoms with Crippen molar-refractivity contribution in [1.82, 2.24) is 15.3 Å². The van der Waals surface area contributed by atoms with Crippen molar-refractivity contribution in [3.05, 3.63) is 85.1 Å². The summed E-state index contributed by atoms with van der Waals surface area (Å²) in [7, 11) is 0. The van der Waals surface area contributed by atoms with Gasteiger partial charge in [-0.1, -0.05) is 38.1 Å². The van der Waals surface area contributed by atoms with Gasteiger partial charge in [0.05, 0.1) is 29.0 Å². The van der Waals surface area contributed by atoms with Crippen molar-refractivity contribution in [2.75, 3.05) is 13.2 Å². The van der Waals surface area contributed by atoms with E-state index >= 15 is 0 Å². The van der Waals surface area contributed by atoms with Crippen molar-refractivity contribution in [3.8, 4) is 45.3 Å². The van der Waals surface area contributed by atoms with Crippen molar-refractivity contribution in [2.24, 2.45) is 5.41 Å². The highest BCUT2D eigenvalue weighted by Crippen LogP contribution is 2.32. The number of aromatic nitrogens is 2. The molecule has 0 bridgehead atoms. The molecule has 0 saturated carbocycles. The summed E-state index contributed by atoms with van der Waals surface area (Å²) in [4.78, 5) is 45.9. The maximum Gasteiger partial charge on any atom is 0.412 e. The average Bonchev–Trinajstić information content (AvgIpc) is 3.03. The topological polar surface area (TPSA) is 117 Å². The first kappa shape index (κ1) is 30.9. The van der Waals surface area contributed by atoms with Crippen LogP contribution in [0.2, 0.25) is 0 Å². The van der Waals surface area contributed by atoms with Gasteiger partial charge in [0.2, 0.25) is 0 Å². The molecule has 0 aliphatic rings. The van der Waals surface area contributed by atoms with Gasteiger partial charge in [0, 0.05) is 29.3 Å². The van der Waals surface area contributed by atoms with E-state index in [2.05, 4.69) is 10.3 Å². The van der Waals surface area contributed by atoms with E-state index < -0.39 is 11.5 Å². The number of esters is 2. The van der Waals surface area contributed by atoms with Gasteiger partial charge in [0.1, 0.15) is 18.1 Å². The molecule has 4 aromatic rings.